The number of hydrogen-bond donors (Lipinski definition) is 1. The highest BCUT2D eigenvalue weighted by molar-refractivity contribution is 6.04. The SMILES string of the molecule is COc1ccc([C@@H](C)NC(=O)[C@@H]2CC(c3ccc(F)cc3)=NO2)cc1. The van der Waals surface area contributed by atoms with Gasteiger partial charge in [-0.1, -0.05) is 29.4 Å². The number of nitrogens with one attached hydrogen (secondary N) is 1. The normalized spacial score (nSPS) is 17.4. The maximum absolute atomic E-state index is 13.0. The molecule has 0 saturated heterocycles. The predicted octanol–water partition coefficient (Wildman–Crippen LogP) is 3.20. The van der Waals surface area contributed by atoms with E-state index < -0.39 is 6.10 Å². The minimum atomic E-state index is -0.680. The van der Waals surface area contributed by atoms with Gasteiger partial charge in [-0.3, -0.25) is 4.79 Å². The van der Waals surface area contributed by atoms with Crippen molar-refractivity contribution in [2.45, 2.75) is 25.5 Å². The van der Waals surface area contributed by atoms with Gasteiger partial charge in [0.1, 0.15) is 11.6 Å². The van der Waals surface area contributed by atoms with Crippen LogP contribution in [-0.4, -0.2) is 24.8 Å². The number of nitrogens with zero attached hydrogens (tertiary/aromatic N) is 1. The molecule has 25 heavy (non-hydrogen) atoms. The van der Waals surface area contributed by atoms with Crippen LogP contribution in [0.4, 0.5) is 4.39 Å². The summed E-state index contributed by atoms with van der Waals surface area (Å²) in [7, 11) is 1.61. The molecular weight excluding hydrogens is 323 g/mol. The van der Waals surface area contributed by atoms with Gasteiger partial charge in [-0.25, -0.2) is 4.39 Å². The number of carbonyl (C=O) groups excluding carboxylic acids is 1. The molecule has 2 aromatic carbocycles. The number of methoxy groups -OCH3 is 1. The molecule has 1 aliphatic heterocycles. The molecule has 1 aliphatic rings. The molecule has 2 atom stereocenters. The van der Waals surface area contributed by atoms with Gasteiger partial charge >= 0.3 is 0 Å². The molecule has 6 heteroatoms. The van der Waals surface area contributed by atoms with Gasteiger partial charge in [-0.05, 0) is 42.3 Å². The van der Waals surface area contributed by atoms with E-state index in [2.05, 4.69) is 10.5 Å². The van der Waals surface area contributed by atoms with Crippen LogP contribution >= 0.6 is 0 Å². The molecule has 0 bridgehead atoms. The van der Waals surface area contributed by atoms with Crippen LogP contribution in [-0.2, 0) is 9.63 Å². The molecule has 0 unspecified atom stereocenters. The third-order valence-corrected chi connectivity index (χ3v) is 4.11. The first-order valence-corrected chi connectivity index (χ1v) is 8.00. The second-order valence-corrected chi connectivity index (χ2v) is 5.85. The van der Waals surface area contributed by atoms with E-state index in [4.69, 9.17) is 9.57 Å². The number of oxime groups is 1. The number of benzene rings is 2. The molecule has 3 rings (SSSR count). The predicted molar refractivity (Wildman–Crippen MR) is 92.0 cm³/mol. The first-order chi connectivity index (χ1) is 12.1. The Morgan fingerprint density at radius 1 is 1.24 bits per heavy atom. The minimum absolute atomic E-state index is 0.170. The Hall–Kier alpha value is -2.89. The maximum Gasteiger partial charge on any atom is 0.264 e. The van der Waals surface area contributed by atoms with Gasteiger partial charge in [-0.2, -0.15) is 0 Å². The lowest BCUT2D eigenvalue weighted by Gasteiger charge is -2.16. The van der Waals surface area contributed by atoms with E-state index in [1.807, 2.05) is 31.2 Å². The summed E-state index contributed by atoms with van der Waals surface area (Å²) < 4.78 is 18.1. The van der Waals surface area contributed by atoms with E-state index in [0.717, 1.165) is 16.9 Å². The van der Waals surface area contributed by atoms with Crippen LogP contribution in [0.1, 0.15) is 30.5 Å². The van der Waals surface area contributed by atoms with E-state index in [0.29, 0.717) is 12.1 Å². The van der Waals surface area contributed by atoms with Gasteiger partial charge in [0, 0.05) is 6.42 Å². The van der Waals surface area contributed by atoms with Crippen molar-refractivity contribution >= 4 is 11.6 Å². The fraction of sp³-hybridized carbons (Fsp3) is 0.263. The number of rotatable bonds is 5. The van der Waals surface area contributed by atoms with Gasteiger partial charge in [0.2, 0.25) is 6.10 Å². The topological polar surface area (TPSA) is 59.9 Å². The van der Waals surface area contributed by atoms with Gasteiger partial charge in [0.25, 0.3) is 5.91 Å². The molecule has 0 radical (unpaired) electrons. The minimum Gasteiger partial charge on any atom is -0.497 e. The fourth-order valence-corrected chi connectivity index (χ4v) is 2.61. The second kappa shape index (κ2) is 7.34. The summed E-state index contributed by atoms with van der Waals surface area (Å²) in [5, 5.41) is 6.88. The van der Waals surface area contributed by atoms with Crippen molar-refractivity contribution in [1.29, 1.82) is 0 Å². The van der Waals surface area contributed by atoms with Crippen molar-refractivity contribution in [3.63, 3.8) is 0 Å². The molecule has 2 aromatic rings. The van der Waals surface area contributed by atoms with Crippen LogP contribution < -0.4 is 10.1 Å². The number of halogens is 1. The Balaban J connectivity index is 1.58. The van der Waals surface area contributed by atoms with Crippen molar-refractivity contribution in [2.24, 2.45) is 5.16 Å². The third-order valence-electron chi connectivity index (χ3n) is 4.11. The largest absolute Gasteiger partial charge is 0.497 e. The molecule has 0 saturated carbocycles. The highest BCUT2D eigenvalue weighted by atomic mass is 19.1. The van der Waals surface area contributed by atoms with Gasteiger partial charge < -0.3 is 14.9 Å². The number of amides is 1. The molecule has 130 valence electrons. The molecule has 0 aliphatic carbocycles. The lowest BCUT2D eigenvalue weighted by molar-refractivity contribution is -0.131. The van der Waals surface area contributed by atoms with Gasteiger partial charge in [0.15, 0.2) is 0 Å². The summed E-state index contributed by atoms with van der Waals surface area (Å²) in [5.41, 5.74) is 2.35. The molecule has 1 heterocycles. The number of ether oxygens (including phenoxy) is 1. The van der Waals surface area contributed by atoms with Crippen LogP contribution in [0.3, 0.4) is 0 Å². The Bertz CT molecular complexity index is 772. The van der Waals surface area contributed by atoms with Crippen LogP contribution in [0.2, 0.25) is 0 Å². The lowest BCUT2D eigenvalue weighted by Crippen LogP contribution is -2.36. The Morgan fingerprint density at radius 3 is 2.56 bits per heavy atom. The average molecular weight is 342 g/mol. The maximum atomic E-state index is 13.0. The van der Waals surface area contributed by atoms with Crippen LogP contribution in [0.25, 0.3) is 0 Å². The average Bonchev–Trinajstić information content (AvgIpc) is 3.12. The third kappa shape index (κ3) is 3.96. The summed E-state index contributed by atoms with van der Waals surface area (Å²) in [4.78, 5) is 17.6. The lowest BCUT2D eigenvalue weighted by atomic mass is 10.0. The number of carbonyl (C=O) groups is 1. The molecule has 0 aromatic heterocycles. The van der Waals surface area contributed by atoms with Crippen molar-refractivity contribution < 1.29 is 18.8 Å². The van der Waals surface area contributed by atoms with Crippen molar-refractivity contribution in [1.82, 2.24) is 5.32 Å². The Labute approximate surface area is 145 Å². The van der Waals surface area contributed by atoms with E-state index >= 15 is 0 Å². The zero-order chi connectivity index (χ0) is 17.8. The zero-order valence-corrected chi connectivity index (χ0v) is 14.0. The highest BCUT2D eigenvalue weighted by Crippen LogP contribution is 2.20. The van der Waals surface area contributed by atoms with E-state index in [1.165, 1.54) is 12.1 Å². The molecule has 0 fully saturated rings. The van der Waals surface area contributed by atoms with E-state index in [1.54, 1.807) is 19.2 Å². The fourth-order valence-electron chi connectivity index (χ4n) is 2.61. The number of hydrogen-bond acceptors (Lipinski definition) is 4. The zero-order valence-electron chi connectivity index (χ0n) is 14.0. The highest BCUT2D eigenvalue weighted by Gasteiger charge is 2.29. The van der Waals surface area contributed by atoms with Gasteiger partial charge in [0.05, 0.1) is 18.9 Å². The van der Waals surface area contributed by atoms with E-state index in [-0.39, 0.29) is 17.8 Å². The van der Waals surface area contributed by atoms with Crippen LogP contribution in [0.15, 0.2) is 53.7 Å². The summed E-state index contributed by atoms with van der Waals surface area (Å²) >= 11 is 0. The molecule has 0 spiro atoms. The summed E-state index contributed by atoms with van der Waals surface area (Å²) in [6.07, 6.45) is -0.326. The smallest absolute Gasteiger partial charge is 0.264 e. The van der Waals surface area contributed by atoms with Crippen molar-refractivity contribution in [2.75, 3.05) is 7.11 Å². The summed E-state index contributed by atoms with van der Waals surface area (Å²) in [5.74, 6) is 0.216. The standard InChI is InChI=1S/C19H19FN2O3/c1-12(13-5-9-16(24-2)10-6-13)21-19(23)18-11-17(22-25-18)14-3-7-15(20)8-4-14/h3-10,12,18H,11H2,1-2H3,(H,21,23)/t12-,18+/m1/s1. The molecular formula is C19H19FN2O3. The Morgan fingerprint density at radius 2 is 1.92 bits per heavy atom. The summed E-state index contributed by atoms with van der Waals surface area (Å²) in [6.45, 7) is 1.90. The van der Waals surface area contributed by atoms with Crippen molar-refractivity contribution in [3.05, 3.63) is 65.5 Å². The molecule has 1 amide bonds. The van der Waals surface area contributed by atoms with Crippen LogP contribution in [0, 0.1) is 5.82 Å². The van der Waals surface area contributed by atoms with Crippen molar-refractivity contribution in [3.8, 4) is 5.75 Å². The van der Waals surface area contributed by atoms with Gasteiger partial charge in [-0.15, -0.1) is 0 Å². The molecule has 5 nitrogen and oxygen atoms in total. The first-order valence-electron chi connectivity index (χ1n) is 8.00. The monoisotopic (exact) mass is 342 g/mol. The molecule has 1 N–H and O–H groups in total. The second-order valence-electron chi connectivity index (χ2n) is 5.85. The first kappa shape index (κ1) is 17.0. The van der Waals surface area contributed by atoms with E-state index in [9.17, 15) is 9.18 Å². The summed E-state index contributed by atoms with van der Waals surface area (Å²) in [6, 6.07) is 13.3. The Kier molecular flexibility index (Phi) is 4.97. The van der Waals surface area contributed by atoms with Crippen LogP contribution in [0.5, 0.6) is 5.75 Å². The quantitative estimate of drug-likeness (QED) is 0.908.